The molecule has 7 heteroatoms. The Kier molecular flexibility index (Phi) is 4.38. The maximum absolute atomic E-state index is 11.6. The van der Waals surface area contributed by atoms with Crippen LogP contribution in [0.4, 0.5) is 0 Å². The number of rotatable bonds is 3. The van der Waals surface area contributed by atoms with Crippen LogP contribution in [0.15, 0.2) is 28.7 Å². The lowest BCUT2D eigenvalue weighted by Crippen LogP contribution is -2.10. The van der Waals surface area contributed by atoms with E-state index in [0.29, 0.717) is 5.56 Å². The molecule has 0 amide bonds. The highest BCUT2D eigenvalue weighted by Crippen LogP contribution is 2.24. The molecule has 0 aliphatic heterocycles. The van der Waals surface area contributed by atoms with Gasteiger partial charge in [-0.3, -0.25) is 0 Å². The van der Waals surface area contributed by atoms with Gasteiger partial charge in [-0.05, 0) is 40.8 Å². The lowest BCUT2D eigenvalue weighted by Gasteiger charge is -1.96. The van der Waals surface area contributed by atoms with Crippen LogP contribution in [0.1, 0.15) is 21.0 Å². The van der Waals surface area contributed by atoms with E-state index in [1.165, 1.54) is 14.2 Å². The Morgan fingerprint density at radius 1 is 1.20 bits per heavy atom. The second-order valence-corrected chi connectivity index (χ2v) is 4.94. The van der Waals surface area contributed by atoms with Crippen molar-refractivity contribution in [1.82, 2.24) is 4.98 Å². The summed E-state index contributed by atoms with van der Waals surface area (Å²) in [4.78, 5) is 27.2. The lowest BCUT2D eigenvalue weighted by molar-refractivity contribution is 0.0527. The second-order valence-electron chi connectivity index (χ2n) is 3.69. The predicted octanol–water partition coefficient (Wildman–Crippen LogP) is 2.52. The third-order valence-electron chi connectivity index (χ3n) is 2.45. The second kappa shape index (κ2) is 6.04. The third-order valence-corrected chi connectivity index (χ3v) is 3.12. The molecule has 1 aromatic carbocycles. The largest absolute Gasteiger partial charge is 0.464 e. The Morgan fingerprint density at radius 2 is 1.90 bits per heavy atom. The van der Waals surface area contributed by atoms with Crippen molar-refractivity contribution in [1.29, 1.82) is 0 Å². The van der Waals surface area contributed by atoms with Crippen LogP contribution in [0.25, 0.3) is 11.5 Å². The van der Waals surface area contributed by atoms with Crippen LogP contribution in [0.3, 0.4) is 0 Å². The summed E-state index contributed by atoms with van der Waals surface area (Å²) < 4.78 is 15.4. The standard InChI is InChI=1S/C13H10INO5/c1-18-12(16)9-10(13(17)19-2)20-11(15-9)7-4-3-5-8(14)6-7/h3-6H,1-2H3. The molecule has 1 heterocycles. The number of esters is 2. The van der Waals surface area contributed by atoms with E-state index in [0.717, 1.165) is 3.57 Å². The molecule has 1 aromatic heterocycles. The molecule has 2 aromatic rings. The predicted molar refractivity (Wildman–Crippen MR) is 77.3 cm³/mol. The molecular weight excluding hydrogens is 377 g/mol. The van der Waals surface area contributed by atoms with E-state index in [1.54, 1.807) is 6.07 Å². The lowest BCUT2D eigenvalue weighted by atomic mass is 10.2. The maximum Gasteiger partial charge on any atom is 0.376 e. The molecule has 20 heavy (non-hydrogen) atoms. The maximum atomic E-state index is 11.6. The molecule has 0 N–H and O–H groups in total. The number of methoxy groups -OCH3 is 2. The van der Waals surface area contributed by atoms with Gasteiger partial charge in [0.25, 0.3) is 0 Å². The minimum Gasteiger partial charge on any atom is -0.464 e. The first kappa shape index (κ1) is 14.5. The summed E-state index contributed by atoms with van der Waals surface area (Å²) in [5.41, 5.74) is 0.449. The Morgan fingerprint density at radius 3 is 2.50 bits per heavy atom. The molecule has 0 radical (unpaired) electrons. The zero-order valence-corrected chi connectivity index (χ0v) is 12.8. The smallest absolute Gasteiger partial charge is 0.376 e. The minimum absolute atomic E-state index is 0.157. The van der Waals surface area contributed by atoms with Gasteiger partial charge >= 0.3 is 11.9 Å². The monoisotopic (exact) mass is 387 g/mol. The van der Waals surface area contributed by atoms with E-state index in [-0.39, 0.29) is 17.3 Å². The molecule has 0 bridgehead atoms. The SMILES string of the molecule is COC(=O)c1nc(-c2cccc(I)c2)oc1C(=O)OC. The minimum atomic E-state index is -0.783. The number of aromatic nitrogens is 1. The normalized spacial score (nSPS) is 10.2. The van der Waals surface area contributed by atoms with Gasteiger partial charge in [0.1, 0.15) is 0 Å². The van der Waals surface area contributed by atoms with Crippen molar-refractivity contribution in [3.63, 3.8) is 0 Å². The van der Waals surface area contributed by atoms with Gasteiger partial charge in [0.05, 0.1) is 14.2 Å². The Labute approximate surface area is 128 Å². The molecule has 0 fully saturated rings. The molecule has 0 aliphatic carbocycles. The van der Waals surface area contributed by atoms with Gasteiger partial charge in [-0.1, -0.05) is 6.07 Å². The van der Waals surface area contributed by atoms with Gasteiger partial charge in [-0.15, -0.1) is 0 Å². The third kappa shape index (κ3) is 2.82. The van der Waals surface area contributed by atoms with E-state index in [4.69, 9.17) is 4.42 Å². The number of benzene rings is 1. The number of hydrogen-bond acceptors (Lipinski definition) is 6. The first-order valence-corrected chi connectivity index (χ1v) is 6.58. The number of carbonyl (C=O) groups excluding carboxylic acids is 2. The quantitative estimate of drug-likeness (QED) is 0.595. The van der Waals surface area contributed by atoms with Crippen molar-refractivity contribution in [3.8, 4) is 11.5 Å². The Bertz CT molecular complexity index is 631. The van der Waals surface area contributed by atoms with E-state index in [1.807, 2.05) is 18.2 Å². The van der Waals surface area contributed by atoms with Crippen LogP contribution in [-0.2, 0) is 9.47 Å². The first-order valence-electron chi connectivity index (χ1n) is 5.50. The molecule has 0 atom stereocenters. The van der Waals surface area contributed by atoms with Crippen molar-refractivity contribution in [2.24, 2.45) is 0 Å². The molecule has 0 spiro atoms. The molecule has 104 valence electrons. The van der Waals surface area contributed by atoms with Gasteiger partial charge in [-0.2, -0.15) is 0 Å². The summed E-state index contributed by atoms with van der Waals surface area (Å²) in [7, 11) is 2.39. The fraction of sp³-hybridized carbons (Fsp3) is 0.154. The van der Waals surface area contributed by atoms with Crippen LogP contribution in [0.5, 0.6) is 0 Å². The fourth-order valence-corrected chi connectivity index (χ4v) is 2.07. The molecule has 0 saturated carbocycles. The number of hydrogen-bond donors (Lipinski definition) is 0. The van der Waals surface area contributed by atoms with Crippen LogP contribution in [0, 0.1) is 3.57 Å². The summed E-state index contributed by atoms with van der Waals surface area (Å²) in [6.45, 7) is 0. The molecule has 0 aliphatic rings. The van der Waals surface area contributed by atoms with Gasteiger partial charge < -0.3 is 13.9 Å². The summed E-state index contributed by atoms with van der Waals surface area (Å²) in [6, 6.07) is 7.29. The van der Waals surface area contributed by atoms with E-state index >= 15 is 0 Å². The topological polar surface area (TPSA) is 78.6 Å². The molecule has 6 nitrogen and oxygen atoms in total. The van der Waals surface area contributed by atoms with Gasteiger partial charge in [-0.25, -0.2) is 14.6 Å². The highest BCUT2D eigenvalue weighted by Gasteiger charge is 2.27. The summed E-state index contributed by atoms with van der Waals surface area (Å²) in [5.74, 6) is -1.65. The number of halogens is 1. The summed E-state index contributed by atoms with van der Waals surface area (Å²) in [6.07, 6.45) is 0. The van der Waals surface area contributed by atoms with Crippen LogP contribution >= 0.6 is 22.6 Å². The highest BCUT2D eigenvalue weighted by molar-refractivity contribution is 14.1. The van der Waals surface area contributed by atoms with Crippen molar-refractivity contribution in [2.45, 2.75) is 0 Å². The molecule has 2 rings (SSSR count). The zero-order chi connectivity index (χ0) is 14.7. The van der Waals surface area contributed by atoms with E-state index < -0.39 is 11.9 Å². The van der Waals surface area contributed by atoms with Crippen molar-refractivity contribution < 1.29 is 23.5 Å². The van der Waals surface area contributed by atoms with Gasteiger partial charge in [0.2, 0.25) is 17.3 Å². The molecular formula is C13H10INO5. The number of carbonyl (C=O) groups is 2. The number of oxazole rings is 1. The summed E-state index contributed by atoms with van der Waals surface area (Å²) in [5, 5.41) is 0. The Balaban J connectivity index is 2.54. The number of ether oxygens (including phenoxy) is 2. The van der Waals surface area contributed by atoms with Crippen molar-refractivity contribution >= 4 is 34.5 Å². The van der Waals surface area contributed by atoms with Gasteiger partial charge in [0, 0.05) is 9.13 Å². The van der Waals surface area contributed by atoms with E-state index in [9.17, 15) is 9.59 Å². The first-order chi connectivity index (χ1) is 9.56. The van der Waals surface area contributed by atoms with Crippen LogP contribution in [0.2, 0.25) is 0 Å². The molecule has 0 saturated heterocycles. The molecule has 0 unspecified atom stereocenters. The highest BCUT2D eigenvalue weighted by atomic mass is 127. The average Bonchev–Trinajstić information content (AvgIpc) is 2.90. The van der Waals surface area contributed by atoms with Crippen LogP contribution < -0.4 is 0 Å². The van der Waals surface area contributed by atoms with Crippen molar-refractivity contribution in [2.75, 3.05) is 14.2 Å². The van der Waals surface area contributed by atoms with Crippen LogP contribution in [-0.4, -0.2) is 31.1 Å². The fourth-order valence-electron chi connectivity index (χ4n) is 1.53. The van der Waals surface area contributed by atoms with Crippen molar-refractivity contribution in [3.05, 3.63) is 39.3 Å². The average molecular weight is 387 g/mol. The summed E-state index contributed by atoms with van der Waals surface area (Å²) >= 11 is 2.14. The van der Waals surface area contributed by atoms with Gasteiger partial charge in [0.15, 0.2) is 0 Å². The zero-order valence-electron chi connectivity index (χ0n) is 10.7. The Hall–Kier alpha value is -1.90. The number of nitrogens with zero attached hydrogens (tertiary/aromatic N) is 1. The van der Waals surface area contributed by atoms with E-state index in [2.05, 4.69) is 37.0 Å².